The van der Waals surface area contributed by atoms with Crippen LogP contribution in [0.1, 0.15) is 15.9 Å². The summed E-state index contributed by atoms with van der Waals surface area (Å²) in [7, 11) is -12.5. The van der Waals surface area contributed by atoms with Crippen LogP contribution in [-0.2, 0) is 52.2 Å². The van der Waals surface area contributed by atoms with Crippen molar-refractivity contribution in [3.05, 3.63) is 63.4 Å². The minimum absolute atomic E-state index is 0. The van der Waals surface area contributed by atoms with Crippen molar-refractivity contribution in [2.24, 2.45) is 10.2 Å². The Labute approximate surface area is 271 Å². The summed E-state index contributed by atoms with van der Waals surface area (Å²) < 4.78 is 111. The Morgan fingerprint density at radius 2 is 1.35 bits per heavy atom. The van der Waals surface area contributed by atoms with Crippen LogP contribution in [0.25, 0.3) is 6.08 Å². The first-order chi connectivity index (χ1) is 20.9. The van der Waals surface area contributed by atoms with Crippen LogP contribution < -0.4 is 26.1 Å². The Morgan fingerprint density at radius 1 is 0.783 bits per heavy atom. The predicted molar refractivity (Wildman–Crippen MR) is 160 cm³/mol. The van der Waals surface area contributed by atoms with Crippen LogP contribution in [0, 0.1) is 0 Å². The van der Waals surface area contributed by atoms with E-state index in [0.717, 1.165) is 30.4 Å². The number of fused-ring (bicyclic) bond motifs is 1. The number of methoxy groups -OCH3 is 2. The van der Waals surface area contributed by atoms with E-state index < -0.39 is 84.9 Å². The van der Waals surface area contributed by atoms with Gasteiger partial charge in [0.1, 0.15) is 15.5 Å². The van der Waals surface area contributed by atoms with E-state index in [1.807, 2.05) is 0 Å². The fourth-order valence-corrected chi connectivity index (χ4v) is 6.00. The molecule has 18 nitrogen and oxygen atoms in total. The van der Waals surface area contributed by atoms with Crippen LogP contribution in [0.4, 0.5) is 17.1 Å². The summed E-state index contributed by atoms with van der Waals surface area (Å²) in [6.07, 6.45) is 3.09. The summed E-state index contributed by atoms with van der Waals surface area (Å²) in [6, 6.07) is 4.54. The number of benzene rings is 2. The molecule has 0 bridgehead atoms. The Balaban J connectivity index is 0.00000576. The molecule has 46 heavy (non-hydrogen) atoms. The zero-order valence-electron chi connectivity index (χ0n) is 23.0. The Kier molecular flexibility index (Phi) is 10.3. The van der Waals surface area contributed by atoms with E-state index in [1.54, 1.807) is 0 Å². The molecule has 2 aromatic rings. The van der Waals surface area contributed by atoms with Crippen molar-refractivity contribution in [2.75, 3.05) is 30.8 Å². The van der Waals surface area contributed by atoms with Gasteiger partial charge in [0.2, 0.25) is 11.6 Å². The van der Waals surface area contributed by atoms with Gasteiger partial charge in [0, 0.05) is 40.3 Å². The Bertz CT molecular complexity index is 2160. The van der Waals surface area contributed by atoms with Crippen molar-refractivity contribution in [2.45, 2.75) is 4.90 Å². The summed E-state index contributed by atoms with van der Waals surface area (Å²) in [6.45, 7) is 0. The topological polar surface area (TPSA) is 291 Å². The average molecular weight is 747 g/mol. The monoisotopic (exact) mass is 746 g/mol. The maximum Gasteiger partial charge on any atom is 0.297 e. The number of carbonyl (C=O) groups is 2. The molecule has 2 aromatic carbocycles. The van der Waals surface area contributed by atoms with E-state index in [0.29, 0.717) is 6.08 Å². The first-order valence-corrected chi connectivity index (χ1v) is 16.2. The number of Topliss-reactive ketones (excluding diaryl/α,β-unsaturated/α-hetero) is 1. The number of rotatable bonds is 9. The molecule has 2 aliphatic carbocycles. The summed E-state index contributed by atoms with van der Waals surface area (Å²) in [5.41, 5.74) is 7.38. The molecule has 0 atom stereocenters. The van der Waals surface area contributed by atoms with Crippen LogP contribution in [0.2, 0.25) is 0 Å². The molecule has 0 heterocycles. The number of hydrogen-bond donors (Lipinski definition) is 6. The van der Waals surface area contributed by atoms with Crippen molar-refractivity contribution in [3.63, 3.8) is 0 Å². The first-order valence-electron chi connectivity index (χ1n) is 11.9. The minimum atomic E-state index is -5.26. The number of hydrogen-bond acceptors (Lipinski definition) is 15. The quantitative estimate of drug-likeness (QED) is 0.0688. The van der Waals surface area contributed by atoms with Crippen LogP contribution >= 0.6 is 0 Å². The standard InChI is InChI=1S/C24H21N5O13S3.Cu/c1-41-19-9-15(26-28-17-7-11(43(32,33)34)3-6-18(17)30)16(10-20(19)42-2)27-29-22-21(44(35,36)37)8-13-12(23(22)31)4-5-14(25)24(13)45(38,39)40;/h3-10,26-27H,25H2,1-2H3,(H,32,33,34)(H,35,36,37)(H,38,39,40);/b28-17+,29-22+;. The van der Waals surface area contributed by atoms with E-state index in [2.05, 4.69) is 21.1 Å². The summed E-state index contributed by atoms with van der Waals surface area (Å²) >= 11 is 0. The number of anilines is 3. The molecular formula is C24H21CuN5O13S3. The molecule has 4 rings (SSSR count). The fourth-order valence-electron chi connectivity index (χ4n) is 4.03. The predicted octanol–water partition coefficient (Wildman–Crippen LogP) is 1.10. The zero-order valence-corrected chi connectivity index (χ0v) is 26.4. The van der Waals surface area contributed by atoms with E-state index in [-0.39, 0.29) is 39.9 Å². The first kappa shape index (κ1) is 36.1. The number of nitrogens with zero attached hydrogens (tertiary/aromatic N) is 2. The molecular weight excluding hydrogens is 726 g/mol. The maximum absolute atomic E-state index is 13.4. The number of allylic oxidation sites excluding steroid dienone is 4. The van der Waals surface area contributed by atoms with Crippen LogP contribution in [0.5, 0.6) is 11.5 Å². The summed E-state index contributed by atoms with van der Waals surface area (Å²) in [5.74, 6) is -1.78. The third kappa shape index (κ3) is 7.35. The van der Waals surface area contributed by atoms with Crippen molar-refractivity contribution >= 4 is 76.5 Å². The van der Waals surface area contributed by atoms with E-state index in [9.17, 15) is 48.5 Å². The van der Waals surface area contributed by atoms with Crippen molar-refractivity contribution in [1.29, 1.82) is 0 Å². The number of ketones is 2. The van der Waals surface area contributed by atoms with Gasteiger partial charge in [-0.15, -0.1) is 0 Å². The number of nitrogen functional groups attached to an aromatic ring is 1. The van der Waals surface area contributed by atoms with Gasteiger partial charge in [-0.25, -0.2) is 0 Å². The van der Waals surface area contributed by atoms with Crippen LogP contribution in [-0.4, -0.2) is 76.1 Å². The van der Waals surface area contributed by atoms with Gasteiger partial charge in [-0.3, -0.25) is 34.1 Å². The number of nitrogens with two attached hydrogens (primary N) is 1. The summed E-state index contributed by atoms with van der Waals surface area (Å²) in [4.78, 5) is 22.9. The fraction of sp³-hybridized carbons (Fsp3) is 0.0833. The molecule has 249 valence electrons. The maximum atomic E-state index is 13.4. The van der Waals surface area contributed by atoms with Gasteiger partial charge in [0.25, 0.3) is 30.4 Å². The van der Waals surface area contributed by atoms with Crippen LogP contribution in [0.15, 0.2) is 67.4 Å². The molecule has 1 radical (unpaired) electrons. The Hall–Kier alpha value is -4.41. The molecule has 0 fully saturated rings. The molecule has 0 saturated heterocycles. The second-order valence-corrected chi connectivity index (χ2v) is 13.1. The molecule has 0 amide bonds. The molecule has 0 unspecified atom stereocenters. The van der Waals surface area contributed by atoms with E-state index in [4.69, 9.17) is 15.2 Å². The molecule has 0 saturated carbocycles. The second-order valence-electron chi connectivity index (χ2n) is 8.89. The van der Waals surface area contributed by atoms with Crippen molar-refractivity contribution < 1.29 is 75.0 Å². The van der Waals surface area contributed by atoms with E-state index in [1.165, 1.54) is 26.4 Å². The largest absolute Gasteiger partial charge is 0.493 e. The third-order valence-electron chi connectivity index (χ3n) is 6.07. The molecule has 2 aliphatic rings. The van der Waals surface area contributed by atoms with E-state index >= 15 is 0 Å². The van der Waals surface area contributed by atoms with Crippen molar-refractivity contribution in [3.8, 4) is 11.5 Å². The normalized spacial score (nSPS) is 16.7. The van der Waals surface area contributed by atoms with Crippen molar-refractivity contribution in [1.82, 2.24) is 0 Å². The van der Waals surface area contributed by atoms with Gasteiger partial charge in [-0.05, 0) is 36.4 Å². The smallest absolute Gasteiger partial charge is 0.297 e. The number of ether oxygens (including phenoxy) is 2. The SMILES string of the molecule is COc1cc(N/N=C2/C(=O)c3ccc(N)c(S(=O)(=O)O)c3C=C2S(=O)(=O)O)c(N/N=C2\C=C(S(=O)(=O)O)C=CC2=O)cc1OC.[Cu]. The van der Waals surface area contributed by atoms with Crippen LogP contribution in [0.3, 0.4) is 0 Å². The summed E-state index contributed by atoms with van der Waals surface area (Å²) in [5, 5.41) is 7.67. The minimum Gasteiger partial charge on any atom is -0.493 e. The molecule has 0 aromatic heterocycles. The second kappa shape index (κ2) is 13.1. The molecule has 7 N–H and O–H groups in total. The molecule has 22 heteroatoms. The molecule has 0 aliphatic heterocycles. The third-order valence-corrected chi connectivity index (χ3v) is 8.76. The van der Waals surface area contributed by atoms with Gasteiger partial charge in [-0.1, -0.05) is 0 Å². The number of nitrogens with one attached hydrogen (secondary N) is 2. The van der Waals surface area contributed by atoms with Gasteiger partial charge in [-0.2, -0.15) is 35.5 Å². The molecule has 0 spiro atoms. The Morgan fingerprint density at radius 3 is 1.85 bits per heavy atom. The number of hydrazone groups is 2. The van der Waals surface area contributed by atoms with Gasteiger partial charge >= 0.3 is 0 Å². The van der Waals surface area contributed by atoms with Gasteiger partial charge < -0.3 is 15.2 Å². The van der Waals surface area contributed by atoms with Gasteiger partial charge in [0.15, 0.2) is 17.2 Å². The average Bonchev–Trinajstić information content (AvgIpc) is 2.94. The van der Waals surface area contributed by atoms with Gasteiger partial charge in [0.05, 0.1) is 36.2 Å². The zero-order chi connectivity index (χ0) is 33.5. The number of carbonyl (C=O) groups excluding carboxylic acids is 2.